The summed E-state index contributed by atoms with van der Waals surface area (Å²) < 4.78 is 85.1. The van der Waals surface area contributed by atoms with Crippen LogP contribution in [-0.2, 0) is 30.8 Å². The molecule has 0 bridgehead atoms. The van der Waals surface area contributed by atoms with Crippen molar-refractivity contribution in [3.8, 4) is 0 Å². The summed E-state index contributed by atoms with van der Waals surface area (Å²) in [6.45, 7) is 2.25. The van der Waals surface area contributed by atoms with Crippen molar-refractivity contribution in [2.75, 3.05) is 31.2 Å². The maximum Gasteiger partial charge on any atom is 0.411 e. The lowest BCUT2D eigenvalue weighted by Crippen LogP contribution is -2.39. The molecule has 0 N–H and O–H groups in total. The van der Waals surface area contributed by atoms with E-state index < -0.39 is 63.4 Å². The first kappa shape index (κ1) is 30.5. The summed E-state index contributed by atoms with van der Waals surface area (Å²) >= 11 is 0. The van der Waals surface area contributed by atoms with Crippen LogP contribution in [0.5, 0.6) is 0 Å². The Labute approximate surface area is 249 Å². The number of amides is 1. The zero-order valence-electron chi connectivity index (χ0n) is 23.8. The largest absolute Gasteiger partial charge is 0.465 e. The van der Waals surface area contributed by atoms with Crippen molar-refractivity contribution in [3.05, 3.63) is 72.4 Å². The number of carbonyl (C=O) groups excluding carboxylic acids is 2. The number of ether oxygens (including phenoxy) is 2. The standard InChI is InChI=1S/C29H26F3N5O6S/c1-4-36-14-21-18-10-11-33-13-20(18)19-7-9-23(27(32)26(19)28(21)34-36)37(16-43-29(39)35(3)15-25(38)42-5-2)44(40,41)24-12-17(30)6-8-22(24)31/h6-14H,4-5,15-16H2,1-3H3. The molecule has 3 aromatic carbocycles. The van der Waals surface area contributed by atoms with E-state index in [1.165, 1.54) is 19.3 Å². The number of pyridine rings is 1. The summed E-state index contributed by atoms with van der Waals surface area (Å²) in [4.78, 5) is 28.3. The molecule has 0 unspecified atom stereocenters. The number of nitrogens with zero attached hydrogens (tertiary/aromatic N) is 5. The van der Waals surface area contributed by atoms with Crippen molar-refractivity contribution < 1.29 is 40.7 Å². The number of anilines is 1. The number of halogens is 3. The summed E-state index contributed by atoms with van der Waals surface area (Å²) in [7, 11) is -3.90. The van der Waals surface area contributed by atoms with Crippen LogP contribution in [0.4, 0.5) is 23.7 Å². The van der Waals surface area contributed by atoms with Crippen molar-refractivity contribution in [1.29, 1.82) is 0 Å². The van der Waals surface area contributed by atoms with Crippen LogP contribution in [0.3, 0.4) is 0 Å². The molecule has 5 rings (SSSR count). The van der Waals surface area contributed by atoms with E-state index in [0.29, 0.717) is 39.1 Å². The molecule has 44 heavy (non-hydrogen) atoms. The molecule has 0 aliphatic heterocycles. The molecule has 230 valence electrons. The zero-order chi connectivity index (χ0) is 31.8. The van der Waals surface area contributed by atoms with Crippen LogP contribution in [-0.4, -0.2) is 67.1 Å². The Balaban J connectivity index is 1.68. The minimum atomic E-state index is -5.09. The second-order valence-corrected chi connectivity index (χ2v) is 11.4. The van der Waals surface area contributed by atoms with Gasteiger partial charge in [-0.15, -0.1) is 0 Å². The molecule has 0 saturated carbocycles. The molecule has 0 radical (unpaired) electrons. The van der Waals surface area contributed by atoms with Gasteiger partial charge in [0.15, 0.2) is 12.5 Å². The molecule has 2 heterocycles. The Kier molecular flexibility index (Phi) is 8.32. The molecule has 0 saturated heterocycles. The van der Waals surface area contributed by atoms with E-state index in [9.17, 15) is 26.8 Å². The molecule has 0 fully saturated rings. The molecule has 0 atom stereocenters. The normalized spacial score (nSPS) is 11.7. The van der Waals surface area contributed by atoms with Gasteiger partial charge in [-0.3, -0.25) is 14.5 Å². The lowest BCUT2D eigenvalue weighted by Gasteiger charge is -2.26. The van der Waals surface area contributed by atoms with Gasteiger partial charge in [0.05, 0.1) is 12.3 Å². The van der Waals surface area contributed by atoms with Crippen molar-refractivity contribution in [2.45, 2.75) is 25.3 Å². The van der Waals surface area contributed by atoms with Crippen LogP contribution in [0.2, 0.25) is 0 Å². The maximum atomic E-state index is 16.7. The summed E-state index contributed by atoms with van der Waals surface area (Å²) in [6, 6.07) is 6.08. The summed E-state index contributed by atoms with van der Waals surface area (Å²) in [5, 5.41) is 6.68. The highest BCUT2D eigenvalue weighted by atomic mass is 32.2. The highest BCUT2D eigenvalue weighted by Gasteiger charge is 2.33. The molecule has 0 spiro atoms. The number of benzene rings is 3. The Bertz CT molecular complexity index is 2040. The number of rotatable bonds is 9. The molecule has 1 amide bonds. The molecule has 0 aliphatic rings. The number of fused-ring (bicyclic) bond motifs is 6. The van der Waals surface area contributed by atoms with E-state index in [0.717, 1.165) is 22.4 Å². The molecule has 5 aromatic rings. The van der Waals surface area contributed by atoms with Crippen LogP contribution in [0.15, 0.2) is 59.9 Å². The van der Waals surface area contributed by atoms with Crippen molar-refractivity contribution in [1.82, 2.24) is 19.7 Å². The Hall–Kier alpha value is -4.92. The fourth-order valence-corrected chi connectivity index (χ4v) is 6.18. The number of aromatic nitrogens is 3. The highest BCUT2D eigenvalue weighted by molar-refractivity contribution is 7.92. The fraction of sp³-hybridized carbons (Fsp3) is 0.241. The van der Waals surface area contributed by atoms with Crippen LogP contribution in [0.25, 0.3) is 32.4 Å². The van der Waals surface area contributed by atoms with Gasteiger partial charge in [-0.05, 0) is 55.0 Å². The Morgan fingerprint density at radius 2 is 1.75 bits per heavy atom. The van der Waals surface area contributed by atoms with Gasteiger partial charge in [0.25, 0.3) is 10.0 Å². The van der Waals surface area contributed by atoms with Gasteiger partial charge in [-0.2, -0.15) is 5.10 Å². The van der Waals surface area contributed by atoms with Crippen LogP contribution in [0, 0.1) is 17.5 Å². The van der Waals surface area contributed by atoms with E-state index in [-0.39, 0.29) is 17.5 Å². The second kappa shape index (κ2) is 12.0. The first-order chi connectivity index (χ1) is 21.0. The average Bonchev–Trinajstić information content (AvgIpc) is 3.44. The first-order valence-electron chi connectivity index (χ1n) is 13.3. The van der Waals surface area contributed by atoms with Crippen LogP contribution >= 0.6 is 0 Å². The summed E-state index contributed by atoms with van der Waals surface area (Å²) in [6.07, 6.45) is 3.68. The van der Waals surface area contributed by atoms with E-state index in [1.807, 2.05) is 6.92 Å². The van der Waals surface area contributed by atoms with Crippen molar-refractivity contribution in [2.24, 2.45) is 0 Å². The van der Waals surface area contributed by atoms with Gasteiger partial charge in [0, 0.05) is 48.3 Å². The zero-order valence-corrected chi connectivity index (χ0v) is 24.6. The fourth-order valence-electron chi connectivity index (χ4n) is 4.77. The summed E-state index contributed by atoms with van der Waals surface area (Å²) in [5.41, 5.74) is -0.405. The molecule has 15 heteroatoms. The van der Waals surface area contributed by atoms with Gasteiger partial charge < -0.3 is 14.4 Å². The number of likely N-dealkylation sites (N-methyl/N-ethyl adjacent to an activating group) is 1. The van der Waals surface area contributed by atoms with Crippen molar-refractivity contribution in [3.63, 3.8) is 0 Å². The van der Waals surface area contributed by atoms with Crippen LogP contribution in [0.1, 0.15) is 13.8 Å². The van der Waals surface area contributed by atoms with E-state index in [4.69, 9.17) is 9.47 Å². The smallest absolute Gasteiger partial charge is 0.411 e. The minimum absolute atomic E-state index is 0.0588. The Morgan fingerprint density at radius 1 is 0.977 bits per heavy atom. The lowest BCUT2D eigenvalue weighted by molar-refractivity contribution is -0.143. The lowest BCUT2D eigenvalue weighted by atomic mass is 9.99. The van der Waals surface area contributed by atoms with Gasteiger partial charge in [0.2, 0.25) is 0 Å². The minimum Gasteiger partial charge on any atom is -0.465 e. The van der Waals surface area contributed by atoms with Gasteiger partial charge in [-0.1, -0.05) is 6.07 Å². The number of hydrogen-bond donors (Lipinski definition) is 0. The Morgan fingerprint density at radius 3 is 2.48 bits per heavy atom. The number of hydrogen-bond acceptors (Lipinski definition) is 8. The first-order valence-corrected chi connectivity index (χ1v) is 14.8. The molecule has 2 aromatic heterocycles. The molecular weight excluding hydrogens is 603 g/mol. The van der Waals surface area contributed by atoms with Gasteiger partial charge in [-0.25, -0.2) is 30.7 Å². The van der Waals surface area contributed by atoms with E-state index in [2.05, 4.69) is 10.1 Å². The topological polar surface area (TPSA) is 124 Å². The third-order valence-electron chi connectivity index (χ3n) is 6.86. The van der Waals surface area contributed by atoms with Crippen LogP contribution < -0.4 is 4.31 Å². The van der Waals surface area contributed by atoms with Gasteiger partial charge >= 0.3 is 12.1 Å². The maximum absolute atomic E-state index is 16.7. The average molecular weight is 630 g/mol. The number of esters is 1. The number of aryl methyl sites for hydroxylation is 1. The van der Waals surface area contributed by atoms with E-state index >= 15 is 4.39 Å². The number of sulfonamides is 1. The van der Waals surface area contributed by atoms with Crippen molar-refractivity contribution >= 4 is 60.2 Å². The predicted octanol–water partition coefficient (Wildman–Crippen LogP) is 4.96. The SMILES string of the molecule is CCOC(=O)CN(C)C(=O)OCN(c1ccc2c3cnccc3c3cn(CC)nc3c2c1F)S(=O)(=O)c1cc(F)ccc1F. The van der Waals surface area contributed by atoms with E-state index in [1.54, 1.807) is 30.1 Å². The third-order valence-corrected chi connectivity index (χ3v) is 8.62. The molecule has 11 nitrogen and oxygen atoms in total. The quantitative estimate of drug-likeness (QED) is 0.127. The monoisotopic (exact) mass is 629 g/mol. The predicted molar refractivity (Wildman–Crippen MR) is 155 cm³/mol. The molecule has 0 aliphatic carbocycles. The number of carbonyl (C=O) groups is 2. The summed E-state index contributed by atoms with van der Waals surface area (Å²) in [5.74, 6) is -4.21. The second-order valence-electron chi connectivity index (χ2n) is 9.62. The van der Waals surface area contributed by atoms with Gasteiger partial charge in [0.1, 0.15) is 28.6 Å². The highest BCUT2D eigenvalue weighted by Crippen LogP contribution is 2.39. The molecular formula is C29H26F3N5O6S. The third kappa shape index (κ3) is 5.45.